The lowest BCUT2D eigenvalue weighted by Gasteiger charge is -2.26. The van der Waals surface area contributed by atoms with E-state index in [0.717, 1.165) is 38.4 Å². The SMILES string of the molecule is O=C(NCc1cccc(CN2CCOCC2)c1)Nc1ccc(Cl)cc1. The first-order valence-corrected chi connectivity index (χ1v) is 8.75. The van der Waals surface area contributed by atoms with Crippen LogP contribution in [0.25, 0.3) is 0 Å². The number of nitrogens with zero attached hydrogens (tertiary/aromatic N) is 1. The van der Waals surface area contributed by atoms with E-state index in [1.807, 2.05) is 12.1 Å². The van der Waals surface area contributed by atoms with E-state index >= 15 is 0 Å². The summed E-state index contributed by atoms with van der Waals surface area (Å²) >= 11 is 5.84. The maximum atomic E-state index is 12.0. The first kappa shape index (κ1) is 17.7. The van der Waals surface area contributed by atoms with Gasteiger partial charge in [-0.25, -0.2) is 4.79 Å². The van der Waals surface area contributed by atoms with Crippen LogP contribution in [0.3, 0.4) is 0 Å². The summed E-state index contributed by atoms with van der Waals surface area (Å²) in [6.45, 7) is 4.92. The van der Waals surface area contributed by atoms with Gasteiger partial charge in [0.2, 0.25) is 0 Å². The molecule has 0 spiro atoms. The normalized spacial score (nSPS) is 14.9. The lowest BCUT2D eigenvalue weighted by atomic mass is 10.1. The highest BCUT2D eigenvalue weighted by Crippen LogP contribution is 2.13. The lowest BCUT2D eigenvalue weighted by Crippen LogP contribution is -2.35. The van der Waals surface area contributed by atoms with Gasteiger partial charge in [0.1, 0.15) is 0 Å². The Morgan fingerprint density at radius 1 is 1.08 bits per heavy atom. The Balaban J connectivity index is 1.49. The summed E-state index contributed by atoms with van der Waals surface area (Å²) in [6, 6.07) is 15.1. The molecule has 2 aromatic carbocycles. The first-order valence-electron chi connectivity index (χ1n) is 8.37. The first-order chi connectivity index (χ1) is 12.2. The summed E-state index contributed by atoms with van der Waals surface area (Å²) in [6.07, 6.45) is 0. The van der Waals surface area contributed by atoms with Crippen LogP contribution < -0.4 is 10.6 Å². The largest absolute Gasteiger partial charge is 0.379 e. The van der Waals surface area contributed by atoms with Crippen molar-refractivity contribution in [1.29, 1.82) is 0 Å². The summed E-state index contributed by atoms with van der Waals surface area (Å²) in [5.41, 5.74) is 3.04. The number of urea groups is 1. The van der Waals surface area contributed by atoms with E-state index in [0.29, 0.717) is 17.3 Å². The van der Waals surface area contributed by atoms with Gasteiger partial charge < -0.3 is 15.4 Å². The van der Waals surface area contributed by atoms with E-state index in [9.17, 15) is 4.79 Å². The van der Waals surface area contributed by atoms with Crippen molar-refractivity contribution in [3.05, 3.63) is 64.7 Å². The number of benzene rings is 2. The maximum Gasteiger partial charge on any atom is 0.319 e. The highest BCUT2D eigenvalue weighted by molar-refractivity contribution is 6.30. The monoisotopic (exact) mass is 359 g/mol. The fraction of sp³-hybridized carbons (Fsp3) is 0.316. The molecule has 3 rings (SSSR count). The standard InChI is InChI=1S/C19H22ClN3O2/c20-17-4-6-18(7-5-17)22-19(24)21-13-15-2-1-3-16(12-15)14-23-8-10-25-11-9-23/h1-7,12H,8-11,13-14H2,(H2,21,22,24). The summed E-state index contributed by atoms with van der Waals surface area (Å²) in [4.78, 5) is 14.4. The Bertz CT molecular complexity index is 700. The van der Waals surface area contributed by atoms with Crippen molar-refractivity contribution in [2.75, 3.05) is 31.6 Å². The molecule has 0 bridgehead atoms. The number of ether oxygens (including phenoxy) is 1. The third-order valence-electron chi connectivity index (χ3n) is 4.06. The van der Waals surface area contributed by atoms with Gasteiger partial charge in [-0.05, 0) is 35.4 Å². The van der Waals surface area contributed by atoms with Crippen molar-refractivity contribution < 1.29 is 9.53 Å². The number of carbonyl (C=O) groups excluding carboxylic acids is 1. The molecule has 2 N–H and O–H groups in total. The molecule has 0 aliphatic carbocycles. The second kappa shape index (κ2) is 8.85. The molecule has 0 saturated carbocycles. The minimum absolute atomic E-state index is 0.235. The molecule has 1 fully saturated rings. The van der Waals surface area contributed by atoms with Crippen molar-refractivity contribution in [3.8, 4) is 0 Å². The van der Waals surface area contributed by atoms with Crippen LogP contribution in [0.4, 0.5) is 10.5 Å². The van der Waals surface area contributed by atoms with Crippen LogP contribution in [0.2, 0.25) is 5.02 Å². The summed E-state index contributed by atoms with van der Waals surface area (Å²) < 4.78 is 5.38. The van der Waals surface area contributed by atoms with Gasteiger partial charge in [0.05, 0.1) is 13.2 Å². The van der Waals surface area contributed by atoms with Crippen molar-refractivity contribution in [2.45, 2.75) is 13.1 Å². The number of anilines is 1. The van der Waals surface area contributed by atoms with E-state index in [4.69, 9.17) is 16.3 Å². The van der Waals surface area contributed by atoms with E-state index in [2.05, 4.69) is 27.7 Å². The molecule has 25 heavy (non-hydrogen) atoms. The summed E-state index contributed by atoms with van der Waals surface area (Å²) in [5, 5.41) is 6.31. The quantitative estimate of drug-likeness (QED) is 0.859. The van der Waals surface area contributed by atoms with Crippen molar-refractivity contribution in [1.82, 2.24) is 10.2 Å². The number of nitrogens with one attached hydrogen (secondary N) is 2. The summed E-state index contributed by atoms with van der Waals surface area (Å²) in [5.74, 6) is 0. The fourth-order valence-corrected chi connectivity index (χ4v) is 2.87. The van der Waals surface area contributed by atoms with Crippen LogP contribution in [0.1, 0.15) is 11.1 Å². The molecular weight excluding hydrogens is 338 g/mol. The Hall–Kier alpha value is -2.08. The third kappa shape index (κ3) is 5.74. The van der Waals surface area contributed by atoms with Crippen LogP contribution in [-0.4, -0.2) is 37.2 Å². The van der Waals surface area contributed by atoms with E-state index in [1.165, 1.54) is 5.56 Å². The fourth-order valence-electron chi connectivity index (χ4n) is 2.75. The topological polar surface area (TPSA) is 53.6 Å². The Morgan fingerprint density at radius 2 is 1.80 bits per heavy atom. The summed E-state index contributed by atoms with van der Waals surface area (Å²) in [7, 11) is 0. The van der Waals surface area contributed by atoms with Gasteiger partial charge in [-0.3, -0.25) is 4.90 Å². The Kier molecular flexibility index (Phi) is 6.28. The smallest absolute Gasteiger partial charge is 0.319 e. The molecule has 2 aromatic rings. The van der Waals surface area contributed by atoms with Crippen LogP contribution in [0.15, 0.2) is 48.5 Å². The zero-order valence-corrected chi connectivity index (χ0v) is 14.8. The average molecular weight is 360 g/mol. The number of carbonyl (C=O) groups is 1. The highest BCUT2D eigenvalue weighted by Gasteiger charge is 2.11. The van der Waals surface area contributed by atoms with Gasteiger partial charge in [-0.15, -0.1) is 0 Å². The Labute approximate surface area is 152 Å². The second-order valence-electron chi connectivity index (χ2n) is 6.02. The number of hydrogen-bond acceptors (Lipinski definition) is 3. The number of amides is 2. The molecule has 0 unspecified atom stereocenters. The van der Waals surface area contributed by atoms with Crippen molar-refractivity contribution in [2.24, 2.45) is 0 Å². The van der Waals surface area contributed by atoms with Crippen LogP contribution in [0.5, 0.6) is 0 Å². The van der Waals surface area contributed by atoms with Crippen molar-refractivity contribution in [3.63, 3.8) is 0 Å². The number of halogens is 1. The predicted molar refractivity (Wildman–Crippen MR) is 99.8 cm³/mol. The maximum absolute atomic E-state index is 12.0. The number of rotatable bonds is 5. The van der Waals surface area contributed by atoms with E-state index in [-0.39, 0.29) is 6.03 Å². The lowest BCUT2D eigenvalue weighted by molar-refractivity contribution is 0.0342. The molecular formula is C19H22ClN3O2. The minimum atomic E-state index is -0.235. The van der Waals surface area contributed by atoms with Gasteiger partial charge in [0.25, 0.3) is 0 Å². The molecule has 0 aromatic heterocycles. The van der Waals surface area contributed by atoms with E-state index in [1.54, 1.807) is 24.3 Å². The van der Waals surface area contributed by atoms with Gasteiger partial charge in [-0.1, -0.05) is 35.9 Å². The third-order valence-corrected chi connectivity index (χ3v) is 4.31. The zero-order valence-electron chi connectivity index (χ0n) is 14.0. The number of morpholine rings is 1. The van der Waals surface area contributed by atoms with Crippen molar-refractivity contribution >= 4 is 23.3 Å². The predicted octanol–water partition coefficient (Wildman–Crippen LogP) is 3.49. The average Bonchev–Trinajstić information content (AvgIpc) is 2.63. The molecule has 1 saturated heterocycles. The molecule has 5 nitrogen and oxygen atoms in total. The molecule has 6 heteroatoms. The second-order valence-corrected chi connectivity index (χ2v) is 6.46. The van der Waals surface area contributed by atoms with Gasteiger partial charge >= 0.3 is 6.03 Å². The molecule has 1 aliphatic rings. The van der Waals surface area contributed by atoms with Gasteiger partial charge in [0.15, 0.2) is 0 Å². The highest BCUT2D eigenvalue weighted by atomic mass is 35.5. The molecule has 1 heterocycles. The van der Waals surface area contributed by atoms with Gasteiger partial charge in [0, 0.05) is 36.9 Å². The molecule has 132 valence electrons. The molecule has 0 radical (unpaired) electrons. The van der Waals surface area contributed by atoms with E-state index < -0.39 is 0 Å². The Morgan fingerprint density at radius 3 is 2.56 bits per heavy atom. The molecule has 2 amide bonds. The van der Waals surface area contributed by atoms with Crippen LogP contribution >= 0.6 is 11.6 Å². The molecule has 0 atom stereocenters. The van der Waals surface area contributed by atoms with Gasteiger partial charge in [-0.2, -0.15) is 0 Å². The van der Waals surface area contributed by atoms with Crippen LogP contribution in [0, 0.1) is 0 Å². The van der Waals surface area contributed by atoms with Crippen LogP contribution in [-0.2, 0) is 17.8 Å². The number of hydrogen-bond donors (Lipinski definition) is 2. The minimum Gasteiger partial charge on any atom is -0.379 e. The molecule has 1 aliphatic heterocycles. The zero-order chi connectivity index (χ0) is 17.5.